The van der Waals surface area contributed by atoms with Crippen LogP contribution in [-0.2, 0) is 14.3 Å². The average Bonchev–Trinajstić information content (AvgIpc) is 2.54. The van der Waals surface area contributed by atoms with Gasteiger partial charge in [0, 0.05) is 0 Å². The molecule has 0 rings (SSSR count). The molecule has 0 aliphatic heterocycles. The van der Waals surface area contributed by atoms with Crippen LogP contribution in [0.15, 0.2) is 0 Å². The maximum Gasteiger partial charge on any atom is 0.407 e. The molecule has 0 aliphatic carbocycles. The quantitative estimate of drug-likeness (QED) is 0.374. The van der Waals surface area contributed by atoms with Crippen LogP contribution in [0.1, 0.15) is 85.0 Å². The van der Waals surface area contributed by atoms with Gasteiger partial charge in [-0.05, 0) is 19.3 Å². The van der Waals surface area contributed by atoms with Gasteiger partial charge in [-0.2, -0.15) is 0 Å². The fourth-order valence-electron chi connectivity index (χ4n) is 2.14. The van der Waals surface area contributed by atoms with Crippen molar-refractivity contribution in [2.45, 2.75) is 91.0 Å². The summed E-state index contributed by atoms with van der Waals surface area (Å²) in [5.74, 6) is -0.343. The van der Waals surface area contributed by atoms with Crippen LogP contribution >= 0.6 is 0 Å². The third-order valence-corrected chi connectivity index (χ3v) is 3.65. The van der Waals surface area contributed by atoms with Crippen LogP contribution in [0.2, 0.25) is 0 Å². The highest BCUT2D eigenvalue weighted by Gasteiger charge is 2.22. The van der Waals surface area contributed by atoms with Crippen molar-refractivity contribution in [1.29, 1.82) is 0 Å². The normalized spacial score (nSPS) is 11.8. The Morgan fingerprint density at radius 2 is 1.39 bits per heavy atom. The molecule has 1 N–H and O–H groups in total. The van der Waals surface area contributed by atoms with Gasteiger partial charge in [-0.15, -0.1) is 0 Å². The van der Waals surface area contributed by atoms with E-state index >= 15 is 0 Å². The molecule has 0 spiro atoms. The van der Waals surface area contributed by atoms with Gasteiger partial charge in [0.05, 0.1) is 13.2 Å². The smallest absolute Gasteiger partial charge is 0.407 e. The molecule has 0 saturated heterocycles. The SMILES string of the molecule is CCCCCCC(NC(=O)OCCCC)C(=O)OCCCCC. The van der Waals surface area contributed by atoms with E-state index in [4.69, 9.17) is 9.47 Å². The predicted molar refractivity (Wildman–Crippen MR) is 92.4 cm³/mol. The Balaban J connectivity index is 4.24. The number of hydrogen-bond acceptors (Lipinski definition) is 4. The van der Waals surface area contributed by atoms with Gasteiger partial charge in [0.15, 0.2) is 0 Å². The molecule has 0 aromatic heterocycles. The molecule has 0 radical (unpaired) electrons. The number of carbonyl (C=O) groups is 2. The Kier molecular flexibility index (Phi) is 14.8. The van der Waals surface area contributed by atoms with E-state index < -0.39 is 12.1 Å². The first kappa shape index (κ1) is 21.7. The Hall–Kier alpha value is -1.26. The van der Waals surface area contributed by atoms with E-state index in [9.17, 15) is 9.59 Å². The first-order valence-corrected chi connectivity index (χ1v) is 9.25. The second-order valence-electron chi connectivity index (χ2n) is 5.91. The summed E-state index contributed by atoms with van der Waals surface area (Å²) in [6.45, 7) is 7.08. The Labute approximate surface area is 141 Å². The van der Waals surface area contributed by atoms with Crippen molar-refractivity contribution < 1.29 is 19.1 Å². The Morgan fingerprint density at radius 3 is 2.04 bits per heavy atom. The highest BCUT2D eigenvalue weighted by molar-refractivity contribution is 5.81. The van der Waals surface area contributed by atoms with Gasteiger partial charge in [0.1, 0.15) is 6.04 Å². The lowest BCUT2D eigenvalue weighted by molar-refractivity contribution is -0.146. The Bertz CT molecular complexity index is 307. The highest BCUT2D eigenvalue weighted by atomic mass is 16.6. The van der Waals surface area contributed by atoms with Gasteiger partial charge in [0.2, 0.25) is 0 Å². The monoisotopic (exact) mass is 329 g/mol. The van der Waals surface area contributed by atoms with Crippen LogP contribution < -0.4 is 5.32 Å². The summed E-state index contributed by atoms with van der Waals surface area (Å²) in [7, 11) is 0. The van der Waals surface area contributed by atoms with Crippen molar-refractivity contribution in [3.8, 4) is 0 Å². The lowest BCUT2D eigenvalue weighted by Gasteiger charge is -2.17. The van der Waals surface area contributed by atoms with Crippen LogP contribution in [0.3, 0.4) is 0 Å². The number of amides is 1. The molecule has 1 amide bonds. The molecular formula is C18H35NO4. The average molecular weight is 329 g/mol. The largest absolute Gasteiger partial charge is 0.464 e. The zero-order valence-electron chi connectivity index (χ0n) is 15.2. The van der Waals surface area contributed by atoms with E-state index in [-0.39, 0.29) is 5.97 Å². The van der Waals surface area contributed by atoms with E-state index in [2.05, 4.69) is 19.2 Å². The maximum atomic E-state index is 12.1. The third kappa shape index (κ3) is 12.9. The van der Waals surface area contributed by atoms with Crippen molar-refractivity contribution in [2.24, 2.45) is 0 Å². The minimum absolute atomic E-state index is 0.343. The van der Waals surface area contributed by atoms with Gasteiger partial charge in [0.25, 0.3) is 0 Å². The molecule has 23 heavy (non-hydrogen) atoms. The number of ether oxygens (including phenoxy) is 2. The van der Waals surface area contributed by atoms with E-state index in [1.165, 1.54) is 0 Å². The molecule has 0 bridgehead atoms. The number of rotatable bonds is 14. The van der Waals surface area contributed by atoms with Gasteiger partial charge in [-0.25, -0.2) is 9.59 Å². The van der Waals surface area contributed by atoms with Crippen molar-refractivity contribution in [2.75, 3.05) is 13.2 Å². The van der Waals surface area contributed by atoms with Crippen LogP contribution in [-0.4, -0.2) is 31.3 Å². The van der Waals surface area contributed by atoms with Crippen molar-refractivity contribution in [3.63, 3.8) is 0 Å². The molecule has 0 fully saturated rings. The zero-order valence-corrected chi connectivity index (χ0v) is 15.2. The lowest BCUT2D eigenvalue weighted by atomic mass is 10.1. The number of alkyl carbamates (subject to hydrolysis) is 1. The van der Waals surface area contributed by atoms with Crippen molar-refractivity contribution in [1.82, 2.24) is 5.32 Å². The minimum Gasteiger partial charge on any atom is -0.464 e. The molecule has 5 nitrogen and oxygen atoms in total. The number of hydrogen-bond donors (Lipinski definition) is 1. The maximum absolute atomic E-state index is 12.1. The Morgan fingerprint density at radius 1 is 0.783 bits per heavy atom. The summed E-state index contributed by atoms with van der Waals surface area (Å²) >= 11 is 0. The lowest BCUT2D eigenvalue weighted by Crippen LogP contribution is -2.42. The molecular weight excluding hydrogens is 294 g/mol. The van der Waals surface area contributed by atoms with Gasteiger partial charge in [-0.3, -0.25) is 0 Å². The molecule has 1 unspecified atom stereocenters. The van der Waals surface area contributed by atoms with Gasteiger partial charge < -0.3 is 14.8 Å². The predicted octanol–water partition coefficient (Wildman–Crippen LogP) is 4.59. The summed E-state index contributed by atoms with van der Waals surface area (Å²) in [6, 6.07) is -0.595. The molecule has 0 aromatic carbocycles. The summed E-state index contributed by atoms with van der Waals surface area (Å²) in [6.07, 6.45) is 9.11. The highest BCUT2D eigenvalue weighted by Crippen LogP contribution is 2.08. The third-order valence-electron chi connectivity index (χ3n) is 3.65. The van der Waals surface area contributed by atoms with E-state index in [0.717, 1.165) is 57.8 Å². The fraction of sp³-hybridized carbons (Fsp3) is 0.889. The second kappa shape index (κ2) is 15.6. The topological polar surface area (TPSA) is 64.6 Å². The minimum atomic E-state index is -0.595. The molecule has 1 atom stereocenters. The van der Waals surface area contributed by atoms with Gasteiger partial charge >= 0.3 is 12.1 Å². The number of nitrogens with one attached hydrogen (secondary N) is 1. The fourth-order valence-corrected chi connectivity index (χ4v) is 2.14. The summed E-state index contributed by atoms with van der Waals surface area (Å²) in [5.41, 5.74) is 0. The van der Waals surface area contributed by atoms with Crippen LogP contribution in [0, 0.1) is 0 Å². The number of carbonyl (C=O) groups excluding carboxylic acids is 2. The first-order chi connectivity index (χ1) is 11.2. The number of esters is 1. The standard InChI is InChI=1S/C18H35NO4/c1-4-7-10-11-13-16(17(20)22-15-12-8-5-2)19-18(21)23-14-9-6-3/h16H,4-15H2,1-3H3,(H,19,21). The molecule has 136 valence electrons. The van der Waals surface area contributed by atoms with E-state index in [0.29, 0.717) is 19.6 Å². The van der Waals surface area contributed by atoms with Crippen molar-refractivity contribution in [3.05, 3.63) is 0 Å². The number of unbranched alkanes of at least 4 members (excludes halogenated alkanes) is 6. The first-order valence-electron chi connectivity index (χ1n) is 9.25. The van der Waals surface area contributed by atoms with Crippen LogP contribution in [0.4, 0.5) is 4.79 Å². The summed E-state index contributed by atoms with van der Waals surface area (Å²) < 4.78 is 10.4. The van der Waals surface area contributed by atoms with E-state index in [1.54, 1.807) is 0 Å². The zero-order chi connectivity index (χ0) is 17.3. The van der Waals surface area contributed by atoms with Crippen LogP contribution in [0.25, 0.3) is 0 Å². The molecule has 5 heteroatoms. The van der Waals surface area contributed by atoms with Gasteiger partial charge in [-0.1, -0.05) is 65.7 Å². The van der Waals surface area contributed by atoms with Crippen molar-refractivity contribution >= 4 is 12.1 Å². The summed E-state index contributed by atoms with van der Waals surface area (Å²) in [4.78, 5) is 23.9. The second-order valence-corrected chi connectivity index (χ2v) is 5.91. The molecule has 0 saturated carbocycles. The summed E-state index contributed by atoms with van der Waals surface area (Å²) in [5, 5.41) is 2.66. The molecule has 0 aromatic rings. The van der Waals surface area contributed by atoms with E-state index in [1.807, 2.05) is 6.92 Å². The van der Waals surface area contributed by atoms with Crippen LogP contribution in [0.5, 0.6) is 0 Å². The molecule has 0 aliphatic rings. The molecule has 0 heterocycles.